The zero-order valence-electron chi connectivity index (χ0n) is 33.7. The van der Waals surface area contributed by atoms with Crippen molar-refractivity contribution in [3.63, 3.8) is 0 Å². The molecule has 0 spiro atoms. The molecule has 4 heteroatoms. The molecule has 2 heterocycles. The van der Waals surface area contributed by atoms with Crippen LogP contribution in [0.3, 0.4) is 0 Å². The topological polar surface area (TPSA) is 51.6 Å². The number of hydrogen-bond acceptors (Lipinski definition) is 4. The van der Waals surface area contributed by atoms with Crippen LogP contribution in [0.25, 0.3) is 111 Å². The Balaban J connectivity index is 0.927. The molecule has 0 amide bonds. The second kappa shape index (κ2) is 16.0. The van der Waals surface area contributed by atoms with Crippen molar-refractivity contribution in [3.05, 3.63) is 231 Å². The predicted molar refractivity (Wildman–Crippen MR) is 256 cm³/mol. The fourth-order valence-corrected chi connectivity index (χ4v) is 8.36. The van der Waals surface area contributed by atoms with Crippen molar-refractivity contribution in [2.75, 3.05) is 0 Å². The van der Waals surface area contributed by atoms with Crippen LogP contribution >= 0.6 is 0 Å². The van der Waals surface area contributed by atoms with Gasteiger partial charge in [0.1, 0.15) is 0 Å². The number of rotatable bonds is 8. The van der Waals surface area contributed by atoms with Gasteiger partial charge in [0.15, 0.2) is 17.5 Å². The van der Waals surface area contributed by atoms with Crippen LogP contribution in [0.1, 0.15) is 0 Å². The lowest BCUT2D eigenvalue weighted by atomic mass is 9.94. The van der Waals surface area contributed by atoms with Crippen LogP contribution < -0.4 is 0 Å². The molecular weight excluding hydrogens is 753 g/mol. The van der Waals surface area contributed by atoms with E-state index in [9.17, 15) is 0 Å². The summed E-state index contributed by atoms with van der Waals surface area (Å²) in [7, 11) is 0. The molecule has 0 atom stereocenters. The lowest BCUT2D eigenvalue weighted by Crippen LogP contribution is -2.00. The van der Waals surface area contributed by atoms with Gasteiger partial charge in [0.05, 0.1) is 5.52 Å². The highest BCUT2D eigenvalue weighted by Gasteiger charge is 2.15. The van der Waals surface area contributed by atoms with Crippen molar-refractivity contribution in [1.29, 1.82) is 0 Å². The van der Waals surface area contributed by atoms with Crippen LogP contribution in [0.15, 0.2) is 231 Å². The largest absolute Gasteiger partial charge is 0.256 e. The molecule has 9 aromatic carbocycles. The van der Waals surface area contributed by atoms with E-state index in [1.54, 1.807) is 0 Å². The lowest BCUT2D eigenvalue weighted by molar-refractivity contribution is 1.07. The molecule has 0 saturated heterocycles. The van der Waals surface area contributed by atoms with Gasteiger partial charge in [-0.1, -0.05) is 206 Å². The quantitative estimate of drug-likeness (QED) is 0.144. The fraction of sp³-hybridized carbons (Fsp3) is 0. The first-order valence-corrected chi connectivity index (χ1v) is 20.9. The Morgan fingerprint density at radius 1 is 0.242 bits per heavy atom. The zero-order chi connectivity index (χ0) is 41.2. The molecule has 290 valence electrons. The van der Waals surface area contributed by atoms with Crippen molar-refractivity contribution in [2.24, 2.45) is 0 Å². The summed E-state index contributed by atoms with van der Waals surface area (Å²) in [4.78, 5) is 20.0. The third-order valence-electron chi connectivity index (χ3n) is 11.6. The maximum atomic E-state index is 5.11. The van der Waals surface area contributed by atoms with Gasteiger partial charge in [0.2, 0.25) is 0 Å². The molecule has 0 aliphatic rings. The average Bonchev–Trinajstić information content (AvgIpc) is 3.37. The van der Waals surface area contributed by atoms with Gasteiger partial charge in [-0.15, -0.1) is 0 Å². The second-order valence-corrected chi connectivity index (χ2v) is 15.5. The van der Waals surface area contributed by atoms with E-state index in [-0.39, 0.29) is 0 Å². The first kappa shape index (κ1) is 36.7. The summed E-state index contributed by atoms with van der Waals surface area (Å²) < 4.78 is 0. The summed E-state index contributed by atoms with van der Waals surface area (Å²) in [5, 5.41) is 3.52. The number of benzene rings is 9. The van der Waals surface area contributed by atoms with E-state index in [4.69, 9.17) is 19.9 Å². The van der Waals surface area contributed by atoms with Gasteiger partial charge in [-0.05, 0) is 79.2 Å². The summed E-state index contributed by atoms with van der Waals surface area (Å²) in [6.07, 6.45) is 1.87. The summed E-state index contributed by atoms with van der Waals surface area (Å²) in [5.41, 5.74) is 15.3. The Hall–Kier alpha value is -8.34. The summed E-state index contributed by atoms with van der Waals surface area (Å²) >= 11 is 0. The van der Waals surface area contributed by atoms with Gasteiger partial charge in [0, 0.05) is 33.7 Å². The number of hydrogen-bond donors (Lipinski definition) is 0. The Bertz CT molecular complexity index is 3260. The van der Waals surface area contributed by atoms with Crippen molar-refractivity contribution in [2.45, 2.75) is 0 Å². The van der Waals surface area contributed by atoms with Crippen LogP contribution in [0.5, 0.6) is 0 Å². The second-order valence-electron chi connectivity index (χ2n) is 15.5. The molecule has 0 radical (unpaired) electrons. The molecule has 0 saturated carbocycles. The third kappa shape index (κ3) is 7.20. The van der Waals surface area contributed by atoms with Crippen molar-refractivity contribution < 1.29 is 0 Å². The molecule has 0 N–H and O–H groups in total. The molecule has 0 unspecified atom stereocenters. The molecule has 62 heavy (non-hydrogen) atoms. The Morgan fingerprint density at radius 3 is 1.24 bits per heavy atom. The van der Waals surface area contributed by atoms with Gasteiger partial charge < -0.3 is 0 Å². The van der Waals surface area contributed by atoms with Crippen molar-refractivity contribution in [3.8, 4) is 89.8 Å². The Morgan fingerprint density at radius 2 is 0.661 bits per heavy atom. The van der Waals surface area contributed by atoms with E-state index in [2.05, 4.69) is 206 Å². The smallest absolute Gasteiger partial charge is 0.164 e. The molecule has 11 rings (SSSR count). The van der Waals surface area contributed by atoms with Crippen LogP contribution in [-0.4, -0.2) is 19.9 Å². The molecule has 0 aliphatic heterocycles. The van der Waals surface area contributed by atoms with Gasteiger partial charge in [-0.2, -0.15) is 0 Å². The summed E-state index contributed by atoms with van der Waals surface area (Å²) in [6.45, 7) is 0. The molecule has 0 aliphatic carbocycles. The molecular formula is C58H38N4. The number of nitrogens with zero attached hydrogens (tertiary/aromatic N) is 4. The van der Waals surface area contributed by atoms with Crippen molar-refractivity contribution in [1.82, 2.24) is 19.9 Å². The third-order valence-corrected chi connectivity index (χ3v) is 11.6. The van der Waals surface area contributed by atoms with E-state index in [1.807, 2.05) is 24.4 Å². The van der Waals surface area contributed by atoms with Crippen LogP contribution in [0.2, 0.25) is 0 Å². The highest BCUT2D eigenvalue weighted by molar-refractivity contribution is 6.10. The highest BCUT2D eigenvalue weighted by atomic mass is 15.0. The standard InChI is InChI=1S/C58H38N4/c1-3-11-39(12-4-1)41-24-30-46(31-25-41)56-60-57(47-32-26-42(27-33-47)40-13-5-2-6-14-40)62-58(61-56)51-18-8-17-50(38-51)49-16-7-15-48(37-49)43-22-28-44(29-23-43)52-20-9-21-54-53(52)35-34-45-19-10-36-59-55(45)54/h1-38H. The molecule has 0 bridgehead atoms. The van der Waals surface area contributed by atoms with E-state index < -0.39 is 0 Å². The van der Waals surface area contributed by atoms with Gasteiger partial charge in [-0.3, -0.25) is 4.98 Å². The van der Waals surface area contributed by atoms with E-state index in [0.29, 0.717) is 17.5 Å². The first-order valence-electron chi connectivity index (χ1n) is 20.9. The van der Waals surface area contributed by atoms with Gasteiger partial charge in [-0.25, -0.2) is 15.0 Å². The van der Waals surface area contributed by atoms with Gasteiger partial charge >= 0.3 is 0 Å². The van der Waals surface area contributed by atoms with Crippen LogP contribution in [0.4, 0.5) is 0 Å². The fourth-order valence-electron chi connectivity index (χ4n) is 8.36. The average molecular weight is 791 g/mol. The van der Waals surface area contributed by atoms with Crippen molar-refractivity contribution >= 4 is 21.7 Å². The minimum atomic E-state index is 0.620. The number of pyridine rings is 1. The molecule has 2 aromatic heterocycles. The normalized spacial score (nSPS) is 11.2. The van der Waals surface area contributed by atoms with E-state index in [0.717, 1.165) is 61.0 Å². The lowest BCUT2D eigenvalue weighted by Gasteiger charge is -2.12. The summed E-state index contributed by atoms with van der Waals surface area (Å²) in [6, 6.07) is 78.8. The number of aromatic nitrogens is 4. The molecule has 11 aromatic rings. The first-order chi connectivity index (χ1) is 30.7. The minimum absolute atomic E-state index is 0.620. The van der Waals surface area contributed by atoms with Crippen LogP contribution in [0, 0.1) is 0 Å². The molecule has 4 nitrogen and oxygen atoms in total. The number of fused-ring (bicyclic) bond motifs is 3. The van der Waals surface area contributed by atoms with Gasteiger partial charge in [0.25, 0.3) is 0 Å². The Kier molecular flexibility index (Phi) is 9.49. The monoisotopic (exact) mass is 790 g/mol. The highest BCUT2D eigenvalue weighted by Crippen LogP contribution is 2.35. The van der Waals surface area contributed by atoms with E-state index >= 15 is 0 Å². The Labute approximate surface area is 360 Å². The molecule has 0 fully saturated rings. The SMILES string of the molecule is c1ccc(-c2ccc(-c3nc(-c4ccc(-c5ccccc5)cc4)nc(-c4cccc(-c5cccc(-c6ccc(-c7cccc8c7ccc7cccnc78)cc6)c5)c4)n3)cc2)cc1. The van der Waals surface area contributed by atoms with Crippen LogP contribution in [-0.2, 0) is 0 Å². The maximum Gasteiger partial charge on any atom is 0.164 e. The minimum Gasteiger partial charge on any atom is -0.256 e. The maximum absolute atomic E-state index is 5.11. The summed E-state index contributed by atoms with van der Waals surface area (Å²) in [5.74, 6) is 1.87. The zero-order valence-corrected chi connectivity index (χ0v) is 33.7. The van der Waals surface area contributed by atoms with E-state index in [1.165, 1.54) is 33.0 Å². The predicted octanol–water partition coefficient (Wildman–Crippen LogP) is 14.9.